The lowest BCUT2D eigenvalue weighted by Gasteiger charge is -2.08. The molecule has 0 radical (unpaired) electrons. The van der Waals surface area contributed by atoms with Crippen LogP contribution in [0, 0.1) is 0 Å². The number of nitrogens with zero attached hydrogens (tertiary/aromatic N) is 2. The number of hydrogen-bond acceptors (Lipinski definition) is 5. The lowest BCUT2D eigenvalue weighted by molar-refractivity contribution is -0.142. The predicted molar refractivity (Wildman–Crippen MR) is 54.0 cm³/mol. The Morgan fingerprint density at radius 2 is 2.22 bits per heavy atom. The molecule has 0 aromatic carbocycles. The van der Waals surface area contributed by atoms with Gasteiger partial charge in [-0.1, -0.05) is 0 Å². The number of carboxylic acid groups (broad SMARTS) is 1. The van der Waals surface area contributed by atoms with Crippen LogP contribution in [0.2, 0.25) is 0 Å². The van der Waals surface area contributed by atoms with Crippen molar-refractivity contribution in [2.24, 2.45) is 0 Å². The van der Waals surface area contributed by atoms with Crippen LogP contribution in [0.3, 0.4) is 0 Å². The summed E-state index contributed by atoms with van der Waals surface area (Å²) in [5, 5.41) is 10.8. The summed E-state index contributed by atoms with van der Waals surface area (Å²) < 4.78 is 41.5. The quantitative estimate of drug-likeness (QED) is 0.747. The topological polar surface area (TPSA) is 84.3 Å². The number of halogens is 3. The molecule has 0 aliphatic rings. The molecule has 1 rings (SSSR count). The molecule has 0 atom stereocenters. The molecule has 1 aromatic heterocycles. The van der Waals surface area contributed by atoms with E-state index in [1.54, 1.807) is 0 Å². The summed E-state index contributed by atoms with van der Waals surface area (Å²) >= 11 is 0. The highest BCUT2D eigenvalue weighted by atomic mass is 19.4. The van der Waals surface area contributed by atoms with Crippen molar-refractivity contribution in [1.82, 2.24) is 9.97 Å². The molecular formula is C9H10F3N3O3. The highest BCUT2D eigenvalue weighted by Crippen LogP contribution is 2.27. The number of aliphatic carboxylic acids is 1. The van der Waals surface area contributed by atoms with Crippen LogP contribution < -0.4 is 5.32 Å². The van der Waals surface area contributed by atoms with E-state index in [4.69, 9.17) is 5.11 Å². The second-order valence-electron chi connectivity index (χ2n) is 3.14. The Balaban J connectivity index is 2.41. The Kier molecular flexibility index (Phi) is 4.84. The van der Waals surface area contributed by atoms with Crippen LogP contribution in [-0.2, 0) is 15.7 Å². The van der Waals surface area contributed by atoms with E-state index in [0.29, 0.717) is 0 Å². The van der Waals surface area contributed by atoms with E-state index < -0.39 is 24.4 Å². The van der Waals surface area contributed by atoms with Gasteiger partial charge < -0.3 is 15.2 Å². The van der Waals surface area contributed by atoms with Gasteiger partial charge in [0.05, 0.1) is 6.61 Å². The summed E-state index contributed by atoms with van der Waals surface area (Å²) in [7, 11) is 0. The number of anilines is 1. The van der Waals surface area contributed by atoms with E-state index in [1.165, 1.54) is 0 Å². The molecule has 0 aliphatic heterocycles. The maximum atomic E-state index is 12.3. The molecule has 0 spiro atoms. The number of nitrogens with one attached hydrogen (secondary N) is 1. The van der Waals surface area contributed by atoms with Crippen molar-refractivity contribution in [1.29, 1.82) is 0 Å². The number of ether oxygens (including phenoxy) is 1. The third-order valence-corrected chi connectivity index (χ3v) is 1.70. The molecule has 18 heavy (non-hydrogen) atoms. The first-order chi connectivity index (χ1) is 8.39. The Morgan fingerprint density at radius 3 is 2.83 bits per heavy atom. The zero-order valence-corrected chi connectivity index (χ0v) is 9.07. The second kappa shape index (κ2) is 6.15. The third-order valence-electron chi connectivity index (χ3n) is 1.70. The third kappa shape index (κ3) is 4.95. The standard InChI is InChI=1S/C9H10F3N3O3/c10-9(11,12)6-1-2-13-8(15-6)14-3-4-18-5-7(16)17/h1-2H,3-5H2,(H,16,17)(H,13,14,15). The zero-order valence-electron chi connectivity index (χ0n) is 9.07. The van der Waals surface area contributed by atoms with Crippen LogP contribution in [0.1, 0.15) is 5.69 Å². The van der Waals surface area contributed by atoms with Crippen molar-refractivity contribution in [2.45, 2.75) is 6.18 Å². The zero-order chi connectivity index (χ0) is 13.6. The van der Waals surface area contributed by atoms with Gasteiger partial charge in [0.25, 0.3) is 0 Å². The maximum absolute atomic E-state index is 12.3. The Bertz CT molecular complexity index is 412. The molecule has 0 unspecified atom stereocenters. The van der Waals surface area contributed by atoms with E-state index in [2.05, 4.69) is 20.0 Å². The van der Waals surface area contributed by atoms with Gasteiger partial charge in [-0.3, -0.25) is 0 Å². The van der Waals surface area contributed by atoms with Gasteiger partial charge >= 0.3 is 12.1 Å². The van der Waals surface area contributed by atoms with Crippen molar-refractivity contribution < 1.29 is 27.8 Å². The van der Waals surface area contributed by atoms with Crippen LogP contribution in [0.5, 0.6) is 0 Å². The van der Waals surface area contributed by atoms with Gasteiger partial charge in [0, 0.05) is 12.7 Å². The normalized spacial score (nSPS) is 11.3. The fourth-order valence-electron chi connectivity index (χ4n) is 0.996. The minimum absolute atomic E-state index is 0.0197. The first kappa shape index (κ1) is 14.2. The summed E-state index contributed by atoms with van der Waals surface area (Å²) in [6.45, 7) is -0.342. The SMILES string of the molecule is O=C(O)COCCNc1nccc(C(F)(F)F)n1. The van der Waals surface area contributed by atoms with Crippen molar-refractivity contribution >= 4 is 11.9 Å². The van der Waals surface area contributed by atoms with Gasteiger partial charge in [-0.2, -0.15) is 13.2 Å². The minimum atomic E-state index is -4.53. The molecule has 0 aliphatic carbocycles. The lowest BCUT2D eigenvalue weighted by atomic mass is 10.4. The van der Waals surface area contributed by atoms with Crippen LogP contribution >= 0.6 is 0 Å². The first-order valence-corrected chi connectivity index (χ1v) is 4.83. The fraction of sp³-hybridized carbons (Fsp3) is 0.444. The molecule has 2 N–H and O–H groups in total. The monoisotopic (exact) mass is 265 g/mol. The highest BCUT2D eigenvalue weighted by Gasteiger charge is 2.32. The highest BCUT2D eigenvalue weighted by molar-refractivity contribution is 5.67. The van der Waals surface area contributed by atoms with Gasteiger partial charge in [0.15, 0.2) is 0 Å². The molecule has 100 valence electrons. The van der Waals surface area contributed by atoms with Gasteiger partial charge in [0.2, 0.25) is 5.95 Å². The van der Waals surface area contributed by atoms with E-state index in [-0.39, 0.29) is 19.1 Å². The van der Waals surface area contributed by atoms with Crippen LogP contribution in [0.4, 0.5) is 19.1 Å². The minimum Gasteiger partial charge on any atom is -0.480 e. The summed E-state index contributed by atoms with van der Waals surface area (Å²) in [5.74, 6) is -1.31. The van der Waals surface area contributed by atoms with E-state index in [9.17, 15) is 18.0 Å². The van der Waals surface area contributed by atoms with Gasteiger partial charge in [-0.15, -0.1) is 0 Å². The van der Waals surface area contributed by atoms with E-state index in [0.717, 1.165) is 12.3 Å². The number of hydrogen-bond donors (Lipinski definition) is 2. The van der Waals surface area contributed by atoms with Crippen LogP contribution in [0.15, 0.2) is 12.3 Å². The van der Waals surface area contributed by atoms with Gasteiger partial charge in [-0.05, 0) is 6.07 Å². The van der Waals surface area contributed by atoms with Crippen molar-refractivity contribution in [3.05, 3.63) is 18.0 Å². The molecule has 1 heterocycles. The first-order valence-electron chi connectivity index (χ1n) is 4.83. The van der Waals surface area contributed by atoms with Crippen molar-refractivity contribution in [2.75, 3.05) is 25.1 Å². The smallest absolute Gasteiger partial charge is 0.433 e. The fourth-order valence-corrected chi connectivity index (χ4v) is 0.996. The average molecular weight is 265 g/mol. The maximum Gasteiger partial charge on any atom is 0.433 e. The Labute approximate surface area is 99.8 Å². The Morgan fingerprint density at radius 1 is 1.50 bits per heavy atom. The number of aromatic nitrogens is 2. The van der Waals surface area contributed by atoms with E-state index >= 15 is 0 Å². The van der Waals surface area contributed by atoms with E-state index in [1.807, 2.05) is 0 Å². The molecule has 1 aromatic rings. The van der Waals surface area contributed by atoms with Gasteiger partial charge in [0.1, 0.15) is 12.3 Å². The summed E-state index contributed by atoms with van der Waals surface area (Å²) in [6, 6.07) is 0.756. The molecule has 9 heteroatoms. The number of carbonyl (C=O) groups is 1. The van der Waals surface area contributed by atoms with Crippen LogP contribution in [0.25, 0.3) is 0 Å². The molecule has 0 fully saturated rings. The molecule has 6 nitrogen and oxygen atoms in total. The second-order valence-corrected chi connectivity index (χ2v) is 3.14. The van der Waals surface area contributed by atoms with Gasteiger partial charge in [-0.25, -0.2) is 14.8 Å². The Hall–Kier alpha value is -1.90. The molecule has 0 saturated carbocycles. The molecular weight excluding hydrogens is 255 g/mol. The largest absolute Gasteiger partial charge is 0.480 e. The number of alkyl halides is 3. The summed E-state index contributed by atoms with van der Waals surface area (Å²) in [6.07, 6.45) is -3.55. The molecule has 0 bridgehead atoms. The van der Waals surface area contributed by atoms with Crippen LogP contribution in [-0.4, -0.2) is 40.8 Å². The molecule has 0 amide bonds. The molecule has 0 saturated heterocycles. The lowest BCUT2D eigenvalue weighted by Crippen LogP contribution is -2.16. The number of rotatable bonds is 6. The average Bonchev–Trinajstić information content (AvgIpc) is 2.27. The number of carboxylic acids is 1. The van der Waals surface area contributed by atoms with Crippen molar-refractivity contribution in [3.63, 3.8) is 0 Å². The van der Waals surface area contributed by atoms with Crippen molar-refractivity contribution in [3.8, 4) is 0 Å². The summed E-state index contributed by atoms with van der Waals surface area (Å²) in [5.41, 5.74) is -1.05. The predicted octanol–water partition coefficient (Wildman–Crippen LogP) is 1.01. The summed E-state index contributed by atoms with van der Waals surface area (Å²) in [4.78, 5) is 16.9.